The Labute approximate surface area is 133 Å². The fourth-order valence-corrected chi connectivity index (χ4v) is 3.67. The summed E-state index contributed by atoms with van der Waals surface area (Å²) >= 11 is 5.29. The van der Waals surface area contributed by atoms with Gasteiger partial charge in [0.2, 0.25) is 0 Å². The van der Waals surface area contributed by atoms with E-state index < -0.39 is 0 Å². The first-order valence-electron chi connectivity index (χ1n) is 6.78. The average Bonchev–Trinajstić information content (AvgIpc) is 2.66. The van der Waals surface area contributed by atoms with Gasteiger partial charge in [0, 0.05) is 28.5 Å². The number of nitrogens with zero attached hydrogens (tertiary/aromatic N) is 2. The molecular weight excluding hydrogens is 334 g/mol. The molecule has 0 aliphatic heterocycles. The molecule has 0 fully saturated rings. The number of rotatable bonds is 6. The van der Waals surface area contributed by atoms with Crippen molar-refractivity contribution in [3.05, 3.63) is 40.0 Å². The number of nitrogens with one attached hydrogen (secondary N) is 1. The Balaban J connectivity index is 2.21. The van der Waals surface area contributed by atoms with Crippen LogP contribution in [0.4, 0.5) is 0 Å². The molecular formula is C15H20BrN3S. The van der Waals surface area contributed by atoms with Crippen molar-refractivity contribution in [2.45, 2.75) is 36.7 Å². The summed E-state index contributed by atoms with van der Waals surface area (Å²) in [4.78, 5) is 1.22. The number of benzene rings is 1. The number of hydrogen-bond acceptors (Lipinski definition) is 3. The monoisotopic (exact) mass is 353 g/mol. The fraction of sp³-hybridized carbons (Fsp3) is 0.400. The maximum Gasteiger partial charge on any atom is 0.103 e. The molecule has 1 aromatic carbocycles. The predicted octanol–water partition coefficient (Wildman–Crippen LogP) is 4.14. The minimum atomic E-state index is 0.879. The summed E-state index contributed by atoms with van der Waals surface area (Å²) in [5, 5.41) is 9.23. The number of aryl methyl sites for hydroxylation is 2. The Kier molecular flexibility index (Phi) is 5.69. The summed E-state index contributed by atoms with van der Waals surface area (Å²) in [7, 11) is 2.01. The van der Waals surface area contributed by atoms with Gasteiger partial charge in [0.15, 0.2) is 0 Å². The molecule has 5 heteroatoms. The van der Waals surface area contributed by atoms with Gasteiger partial charge < -0.3 is 5.32 Å². The van der Waals surface area contributed by atoms with E-state index in [1.165, 1.54) is 15.5 Å². The molecule has 108 valence electrons. The molecule has 0 saturated heterocycles. The molecule has 3 nitrogen and oxygen atoms in total. The molecule has 0 saturated carbocycles. The maximum absolute atomic E-state index is 4.55. The second-order valence-electron chi connectivity index (χ2n) is 4.73. The van der Waals surface area contributed by atoms with Crippen LogP contribution in [0.3, 0.4) is 0 Å². The molecule has 0 radical (unpaired) electrons. The van der Waals surface area contributed by atoms with Gasteiger partial charge in [-0.05, 0) is 38.1 Å². The summed E-state index contributed by atoms with van der Waals surface area (Å²) in [6.45, 7) is 6.17. The lowest BCUT2D eigenvalue weighted by Crippen LogP contribution is -2.14. The molecule has 0 amide bonds. The van der Waals surface area contributed by atoms with E-state index in [-0.39, 0.29) is 0 Å². The van der Waals surface area contributed by atoms with Crippen molar-refractivity contribution < 1.29 is 0 Å². The third-order valence-corrected chi connectivity index (χ3v) is 4.71. The summed E-state index contributed by atoms with van der Waals surface area (Å²) in [6.07, 6.45) is 1.15. The second kappa shape index (κ2) is 7.29. The van der Waals surface area contributed by atoms with Crippen molar-refractivity contribution in [3.63, 3.8) is 0 Å². The highest BCUT2D eigenvalue weighted by Gasteiger charge is 2.14. The van der Waals surface area contributed by atoms with Crippen LogP contribution in [-0.4, -0.2) is 16.3 Å². The standard InChI is InChI=1S/C15H20BrN3S/c1-4-8-17-10-14-11(2)18-19(3)15(14)20-13-7-5-6-12(16)9-13/h5-7,9,17H,4,8,10H2,1-3H3. The van der Waals surface area contributed by atoms with Gasteiger partial charge in [-0.1, -0.05) is 40.7 Å². The Morgan fingerprint density at radius 2 is 2.20 bits per heavy atom. The largest absolute Gasteiger partial charge is 0.313 e. The van der Waals surface area contributed by atoms with Crippen LogP contribution in [-0.2, 0) is 13.6 Å². The third-order valence-electron chi connectivity index (χ3n) is 3.03. The van der Waals surface area contributed by atoms with Gasteiger partial charge in [-0.2, -0.15) is 5.10 Å². The fourth-order valence-electron chi connectivity index (χ4n) is 2.04. The summed E-state index contributed by atoms with van der Waals surface area (Å²) < 4.78 is 3.08. The van der Waals surface area contributed by atoms with Crippen molar-refractivity contribution in [2.75, 3.05) is 6.54 Å². The van der Waals surface area contributed by atoms with Crippen LogP contribution in [0.1, 0.15) is 24.6 Å². The van der Waals surface area contributed by atoms with E-state index in [0.717, 1.165) is 29.7 Å². The molecule has 1 N–H and O–H groups in total. The number of aromatic nitrogens is 2. The van der Waals surface area contributed by atoms with Gasteiger partial charge in [-0.3, -0.25) is 4.68 Å². The quantitative estimate of drug-likeness (QED) is 0.791. The van der Waals surface area contributed by atoms with Crippen LogP contribution in [0.2, 0.25) is 0 Å². The molecule has 0 atom stereocenters. The molecule has 0 bridgehead atoms. The summed E-state index contributed by atoms with van der Waals surface area (Å²) in [5.41, 5.74) is 2.40. The zero-order valence-electron chi connectivity index (χ0n) is 12.1. The van der Waals surface area contributed by atoms with E-state index in [1.807, 2.05) is 17.8 Å². The normalized spacial score (nSPS) is 11.0. The number of hydrogen-bond donors (Lipinski definition) is 1. The van der Waals surface area contributed by atoms with Gasteiger partial charge in [0.25, 0.3) is 0 Å². The van der Waals surface area contributed by atoms with Crippen LogP contribution >= 0.6 is 27.7 Å². The predicted molar refractivity (Wildman–Crippen MR) is 88.2 cm³/mol. The Morgan fingerprint density at radius 3 is 2.90 bits per heavy atom. The van der Waals surface area contributed by atoms with E-state index in [4.69, 9.17) is 0 Å². The second-order valence-corrected chi connectivity index (χ2v) is 6.71. The lowest BCUT2D eigenvalue weighted by Gasteiger charge is -2.08. The van der Waals surface area contributed by atoms with E-state index in [9.17, 15) is 0 Å². The van der Waals surface area contributed by atoms with Gasteiger partial charge in [-0.25, -0.2) is 0 Å². The first-order chi connectivity index (χ1) is 9.61. The van der Waals surface area contributed by atoms with Gasteiger partial charge in [0.1, 0.15) is 5.03 Å². The first kappa shape index (κ1) is 15.6. The van der Waals surface area contributed by atoms with Gasteiger partial charge in [0.05, 0.1) is 5.69 Å². The third kappa shape index (κ3) is 3.87. The highest BCUT2D eigenvalue weighted by atomic mass is 79.9. The van der Waals surface area contributed by atoms with Gasteiger partial charge in [-0.15, -0.1) is 0 Å². The van der Waals surface area contributed by atoms with Crippen LogP contribution in [0.15, 0.2) is 38.7 Å². The maximum atomic E-state index is 4.55. The smallest absolute Gasteiger partial charge is 0.103 e. The number of halogens is 1. The lowest BCUT2D eigenvalue weighted by atomic mass is 10.2. The van der Waals surface area contributed by atoms with Crippen molar-refractivity contribution in [2.24, 2.45) is 7.05 Å². The molecule has 20 heavy (non-hydrogen) atoms. The van der Waals surface area contributed by atoms with Crippen molar-refractivity contribution >= 4 is 27.7 Å². The van der Waals surface area contributed by atoms with Crippen LogP contribution in [0.5, 0.6) is 0 Å². The van der Waals surface area contributed by atoms with Crippen molar-refractivity contribution in [3.8, 4) is 0 Å². The molecule has 2 aromatic rings. The van der Waals surface area contributed by atoms with Crippen molar-refractivity contribution in [1.29, 1.82) is 0 Å². The van der Waals surface area contributed by atoms with Crippen LogP contribution < -0.4 is 5.32 Å². The van der Waals surface area contributed by atoms with E-state index in [2.05, 4.69) is 58.4 Å². The molecule has 0 aliphatic rings. The zero-order valence-corrected chi connectivity index (χ0v) is 14.5. The molecule has 0 unspecified atom stereocenters. The van der Waals surface area contributed by atoms with Crippen molar-refractivity contribution in [1.82, 2.24) is 15.1 Å². The zero-order chi connectivity index (χ0) is 14.5. The van der Waals surface area contributed by atoms with Gasteiger partial charge >= 0.3 is 0 Å². The summed E-state index contributed by atoms with van der Waals surface area (Å²) in [5.74, 6) is 0. The summed E-state index contributed by atoms with van der Waals surface area (Å²) in [6, 6.07) is 8.37. The Hall–Kier alpha value is -0.780. The average molecular weight is 354 g/mol. The highest BCUT2D eigenvalue weighted by molar-refractivity contribution is 9.10. The molecule has 1 heterocycles. The van der Waals surface area contributed by atoms with Crippen LogP contribution in [0, 0.1) is 6.92 Å². The molecule has 1 aromatic heterocycles. The first-order valence-corrected chi connectivity index (χ1v) is 8.39. The SMILES string of the molecule is CCCNCc1c(C)nn(C)c1Sc1cccc(Br)c1. The Morgan fingerprint density at radius 1 is 1.40 bits per heavy atom. The topological polar surface area (TPSA) is 29.9 Å². The Bertz CT molecular complexity index is 580. The van der Waals surface area contributed by atoms with Crippen LogP contribution in [0.25, 0.3) is 0 Å². The molecule has 2 rings (SSSR count). The highest BCUT2D eigenvalue weighted by Crippen LogP contribution is 2.32. The minimum Gasteiger partial charge on any atom is -0.313 e. The van der Waals surface area contributed by atoms with E-state index >= 15 is 0 Å². The molecule has 0 aliphatic carbocycles. The lowest BCUT2D eigenvalue weighted by molar-refractivity contribution is 0.653. The van der Waals surface area contributed by atoms with E-state index in [1.54, 1.807) is 11.8 Å². The molecule has 0 spiro atoms. The van der Waals surface area contributed by atoms with E-state index in [0.29, 0.717) is 0 Å². The minimum absolute atomic E-state index is 0.879.